The largest absolute Gasteiger partial charge is 0.507 e. The van der Waals surface area contributed by atoms with Crippen molar-refractivity contribution in [2.45, 2.75) is 50.5 Å². The van der Waals surface area contributed by atoms with Gasteiger partial charge in [-0.2, -0.15) is 5.26 Å². The Morgan fingerprint density at radius 2 is 1.94 bits per heavy atom. The van der Waals surface area contributed by atoms with Gasteiger partial charge >= 0.3 is 5.97 Å². The van der Waals surface area contributed by atoms with Gasteiger partial charge in [0.1, 0.15) is 16.4 Å². The molecule has 0 amide bonds. The molecule has 0 spiro atoms. The Hall–Kier alpha value is -3.09. The number of hydrogen-bond donors (Lipinski definition) is 3. The van der Waals surface area contributed by atoms with Crippen molar-refractivity contribution >= 4 is 16.0 Å². The van der Waals surface area contributed by atoms with Crippen LogP contribution in [0, 0.1) is 11.3 Å². The highest BCUT2D eigenvalue weighted by Gasteiger charge is 2.21. The highest BCUT2D eigenvalue weighted by molar-refractivity contribution is 7.89. The summed E-state index contributed by atoms with van der Waals surface area (Å²) in [4.78, 5) is 11.0. The first kappa shape index (κ1) is 24.2. The highest BCUT2D eigenvalue weighted by atomic mass is 32.2. The Balaban J connectivity index is 2.22. The molecule has 0 aliphatic carbocycles. The van der Waals surface area contributed by atoms with Gasteiger partial charge in [0.15, 0.2) is 6.10 Å². The second-order valence-electron chi connectivity index (χ2n) is 7.32. The lowest BCUT2D eigenvalue weighted by atomic mass is 9.99. The van der Waals surface area contributed by atoms with Crippen molar-refractivity contribution in [2.24, 2.45) is 0 Å². The molecule has 0 saturated carbocycles. The second kappa shape index (κ2) is 10.3. The molecule has 31 heavy (non-hydrogen) atoms. The van der Waals surface area contributed by atoms with E-state index in [4.69, 9.17) is 10.00 Å². The number of hydrogen-bond acceptors (Lipinski definition) is 6. The maximum Gasteiger partial charge on any atom is 0.344 e. The third-order valence-electron chi connectivity index (χ3n) is 4.74. The highest BCUT2D eigenvalue weighted by Crippen LogP contribution is 2.27. The van der Waals surface area contributed by atoms with E-state index in [1.165, 1.54) is 6.07 Å². The van der Waals surface area contributed by atoms with Crippen LogP contribution in [0.5, 0.6) is 11.5 Å². The molecular weight excluding hydrogens is 420 g/mol. The van der Waals surface area contributed by atoms with Crippen LogP contribution in [0.15, 0.2) is 41.3 Å². The lowest BCUT2D eigenvalue weighted by Crippen LogP contribution is -2.28. The number of nitrogens with one attached hydrogen (secondary N) is 1. The van der Waals surface area contributed by atoms with Crippen molar-refractivity contribution in [3.05, 3.63) is 53.1 Å². The minimum atomic E-state index is -4.06. The average molecular weight is 447 g/mol. The first-order valence-corrected chi connectivity index (χ1v) is 11.3. The van der Waals surface area contributed by atoms with Gasteiger partial charge in [0.2, 0.25) is 10.0 Å². The molecule has 8 nitrogen and oxygen atoms in total. The average Bonchev–Trinajstić information content (AvgIpc) is 2.72. The Morgan fingerprint density at radius 1 is 1.23 bits per heavy atom. The predicted molar refractivity (Wildman–Crippen MR) is 115 cm³/mol. The predicted octanol–water partition coefficient (Wildman–Crippen LogP) is 3.15. The van der Waals surface area contributed by atoms with Crippen LogP contribution in [0.1, 0.15) is 49.8 Å². The van der Waals surface area contributed by atoms with Crippen LogP contribution in [-0.2, 0) is 21.2 Å². The summed E-state index contributed by atoms with van der Waals surface area (Å²) in [6, 6.07) is 10.9. The summed E-state index contributed by atoms with van der Waals surface area (Å²) in [7, 11) is -4.06. The van der Waals surface area contributed by atoms with Crippen molar-refractivity contribution in [3.8, 4) is 17.6 Å². The van der Waals surface area contributed by atoms with Crippen molar-refractivity contribution in [1.29, 1.82) is 5.26 Å². The maximum absolute atomic E-state index is 12.6. The molecule has 0 bridgehead atoms. The summed E-state index contributed by atoms with van der Waals surface area (Å²) < 4.78 is 33.2. The van der Waals surface area contributed by atoms with E-state index in [2.05, 4.69) is 4.72 Å². The Labute approximate surface area is 182 Å². The summed E-state index contributed by atoms with van der Waals surface area (Å²) in [6.45, 7) is 5.70. The van der Waals surface area contributed by atoms with E-state index in [0.717, 1.165) is 17.7 Å². The lowest BCUT2D eigenvalue weighted by Gasteiger charge is -2.19. The fourth-order valence-corrected chi connectivity index (χ4v) is 4.06. The molecule has 0 saturated heterocycles. The summed E-state index contributed by atoms with van der Waals surface area (Å²) in [5.41, 5.74) is 1.73. The number of benzene rings is 2. The third-order valence-corrected chi connectivity index (χ3v) is 6.23. The number of nitriles is 1. The molecular formula is C22H26N2O6S. The van der Waals surface area contributed by atoms with E-state index in [-0.39, 0.29) is 35.8 Å². The minimum absolute atomic E-state index is 0.0141. The molecule has 0 aliphatic heterocycles. The molecule has 3 N–H and O–H groups in total. The molecule has 0 aliphatic rings. The van der Waals surface area contributed by atoms with Crippen LogP contribution in [0.3, 0.4) is 0 Å². The van der Waals surface area contributed by atoms with Crippen molar-refractivity contribution < 1.29 is 28.2 Å². The van der Waals surface area contributed by atoms with Gasteiger partial charge in [0.25, 0.3) is 0 Å². The zero-order chi connectivity index (χ0) is 23.2. The summed E-state index contributed by atoms with van der Waals surface area (Å²) >= 11 is 0. The molecule has 9 heteroatoms. The van der Waals surface area contributed by atoms with Gasteiger partial charge < -0.3 is 14.9 Å². The molecule has 166 valence electrons. The first-order valence-electron chi connectivity index (χ1n) is 9.84. The topological polar surface area (TPSA) is 137 Å². The number of sulfonamides is 1. The molecule has 0 radical (unpaired) electrons. The van der Waals surface area contributed by atoms with E-state index >= 15 is 0 Å². The lowest BCUT2D eigenvalue weighted by molar-refractivity contribution is -0.145. The molecule has 2 aromatic carbocycles. The number of ether oxygens (including phenoxy) is 1. The number of phenols is 1. The monoisotopic (exact) mass is 446 g/mol. The Kier molecular flexibility index (Phi) is 8.02. The van der Waals surface area contributed by atoms with Crippen molar-refractivity contribution in [3.63, 3.8) is 0 Å². The van der Waals surface area contributed by atoms with Crippen LogP contribution < -0.4 is 9.46 Å². The maximum atomic E-state index is 12.6. The van der Waals surface area contributed by atoms with Crippen LogP contribution in [0.25, 0.3) is 0 Å². The summed E-state index contributed by atoms with van der Waals surface area (Å²) in [6.07, 6.45) is -0.493. The molecule has 2 rings (SSSR count). The summed E-state index contributed by atoms with van der Waals surface area (Å²) in [5.74, 6) is -0.926. The molecule has 0 aromatic heterocycles. The van der Waals surface area contributed by atoms with E-state index in [9.17, 15) is 23.4 Å². The number of carboxylic acid groups (broad SMARTS) is 1. The Morgan fingerprint density at radius 3 is 2.52 bits per heavy atom. The fourth-order valence-electron chi connectivity index (χ4n) is 2.90. The van der Waals surface area contributed by atoms with Gasteiger partial charge in [0.05, 0.1) is 11.6 Å². The smallest absolute Gasteiger partial charge is 0.344 e. The van der Waals surface area contributed by atoms with Gasteiger partial charge in [0, 0.05) is 6.54 Å². The first-order chi connectivity index (χ1) is 14.6. The van der Waals surface area contributed by atoms with Gasteiger partial charge in [-0.15, -0.1) is 0 Å². The van der Waals surface area contributed by atoms with E-state index in [1.54, 1.807) is 19.1 Å². The normalized spacial score (nSPS) is 12.4. The molecule has 2 aromatic rings. The standard InChI is InChI=1S/C22H26N2O6S/c1-4-19(22(26)27)30-20-12-17(14(2)3)7-6-16(20)9-10-24-31(28,29)21-11-15(13-23)5-8-18(21)25/h5-8,11-12,14,19,24-25H,4,9-10H2,1-3H3,(H,26,27). The van der Waals surface area contributed by atoms with Gasteiger partial charge in [-0.3, -0.25) is 0 Å². The zero-order valence-electron chi connectivity index (χ0n) is 17.6. The number of rotatable bonds is 10. The van der Waals surface area contributed by atoms with Gasteiger partial charge in [-0.1, -0.05) is 32.9 Å². The third kappa shape index (κ3) is 6.20. The van der Waals surface area contributed by atoms with Gasteiger partial charge in [-0.25, -0.2) is 17.9 Å². The Bertz CT molecular complexity index is 1090. The number of carboxylic acids is 1. The number of phenolic OH excluding ortho intramolecular Hbond substituents is 1. The van der Waals surface area contributed by atoms with Crippen molar-refractivity contribution in [2.75, 3.05) is 6.54 Å². The quantitative estimate of drug-likeness (QED) is 0.510. The molecule has 1 unspecified atom stereocenters. The number of aliphatic carboxylic acids is 1. The molecule has 1 atom stereocenters. The number of nitrogens with zero attached hydrogens (tertiary/aromatic N) is 1. The van der Waals surface area contributed by atoms with Crippen LogP contribution in [0.4, 0.5) is 0 Å². The van der Waals surface area contributed by atoms with Crippen molar-refractivity contribution in [1.82, 2.24) is 4.72 Å². The van der Waals surface area contributed by atoms with Gasteiger partial charge in [-0.05, 0) is 54.2 Å². The van der Waals surface area contributed by atoms with E-state index < -0.39 is 27.8 Å². The molecule has 0 heterocycles. The SMILES string of the molecule is CCC(Oc1cc(C(C)C)ccc1CCNS(=O)(=O)c1cc(C#N)ccc1O)C(=O)O. The summed E-state index contributed by atoms with van der Waals surface area (Å²) in [5, 5.41) is 28.2. The van der Waals surface area contributed by atoms with Crippen LogP contribution in [0.2, 0.25) is 0 Å². The number of carbonyl (C=O) groups is 1. The second-order valence-corrected chi connectivity index (χ2v) is 9.05. The van der Waals surface area contributed by atoms with E-state index in [1.807, 2.05) is 26.0 Å². The minimum Gasteiger partial charge on any atom is -0.507 e. The van der Waals surface area contributed by atoms with Crippen LogP contribution >= 0.6 is 0 Å². The van der Waals surface area contributed by atoms with E-state index in [0.29, 0.717) is 11.3 Å². The van der Waals surface area contributed by atoms with Crippen LogP contribution in [-0.4, -0.2) is 37.2 Å². The number of aromatic hydroxyl groups is 1. The zero-order valence-corrected chi connectivity index (χ0v) is 18.4. The fraction of sp³-hybridized carbons (Fsp3) is 0.364. The molecule has 0 fully saturated rings.